The van der Waals surface area contributed by atoms with Crippen molar-refractivity contribution in [2.24, 2.45) is 7.05 Å². The largest absolute Gasteiger partial charge is 0.350 e. The molecule has 102 valence electrons. The number of hydrogen-bond donors (Lipinski definition) is 1. The third-order valence-electron chi connectivity index (χ3n) is 2.80. The Morgan fingerprint density at radius 1 is 1.42 bits per heavy atom. The lowest BCUT2D eigenvalue weighted by Crippen LogP contribution is -2.32. The first-order chi connectivity index (χ1) is 9.10. The average Bonchev–Trinajstić information content (AvgIpc) is 2.97. The van der Waals surface area contributed by atoms with Gasteiger partial charge in [0.25, 0.3) is 0 Å². The minimum Gasteiger partial charge on any atom is -0.350 e. The summed E-state index contributed by atoms with van der Waals surface area (Å²) in [4.78, 5) is 12.1. The Labute approximate surface area is 116 Å². The smallest absolute Gasteiger partial charge is 0.245 e. The van der Waals surface area contributed by atoms with Crippen LogP contribution in [0.1, 0.15) is 24.9 Å². The zero-order valence-corrected chi connectivity index (χ0v) is 11.6. The first kappa shape index (κ1) is 13.6. The molecule has 1 atom stereocenters. The van der Waals surface area contributed by atoms with Crippen molar-refractivity contribution >= 4 is 17.5 Å². The van der Waals surface area contributed by atoms with Crippen molar-refractivity contribution in [1.82, 2.24) is 24.9 Å². The summed E-state index contributed by atoms with van der Waals surface area (Å²) in [6, 6.07) is -0.343. The number of carbonyl (C=O) groups excluding carboxylic acids is 1. The predicted molar refractivity (Wildman–Crippen MR) is 71.6 cm³/mol. The van der Waals surface area contributed by atoms with Gasteiger partial charge in [-0.25, -0.2) is 0 Å². The SMILES string of the molecule is CCC(C(=O)NCc1cnn(C)c1)n1cc(Cl)cn1. The lowest BCUT2D eigenvalue weighted by molar-refractivity contribution is -0.124. The number of nitrogens with zero attached hydrogens (tertiary/aromatic N) is 4. The highest BCUT2D eigenvalue weighted by molar-refractivity contribution is 6.30. The summed E-state index contributed by atoms with van der Waals surface area (Å²) in [7, 11) is 1.84. The molecule has 0 fully saturated rings. The first-order valence-corrected chi connectivity index (χ1v) is 6.43. The van der Waals surface area contributed by atoms with Crippen LogP contribution in [0.4, 0.5) is 0 Å². The highest BCUT2D eigenvalue weighted by Gasteiger charge is 2.19. The van der Waals surface area contributed by atoms with Gasteiger partial charge in [-0.1, -0.05) is 18.5 Å². The molecule has 2 aromatic heterocycles. The van der Waals surface area contributed by atoms with Gasteiger partial charge in [0, 0.05) is 31.5 Å². The molecule has 2 heterocycles. The van der Waals surface area contributed by atoms with Crippen LogP contribution in [0.2, 0.25) is 5.02 Å². The molecular formula is C12H16ClN5O. The van der Waals surface area contributed by atoms with Crippen molar-refractivity contribution < 1.29 is 4.79 Å². The number of aromatic nitrogens is 4. The lowest BCUT2D eigenvalue weighted by atomic mass is 10.2. The van der Waals surface area contributed by atoms with Crippen molar-refractivity contribution in [2.45, 2.75) is 25.9 Å². The number of halogens is 1. The van der Waals surface area contributed by atoms with Crippen molar-refractivity contribution in [1.29, 1.82) is 0 Å². The molecule has 0 saturated carbocycles. The van der Waals surface area contributed by atoms with Crippen molar-refractivity contribution in [3.63, 3.8) is 0 Å². The van der Waals surface area contributed by atoms with E-state index in [1.165, 1.54) is 6.20 Å². The van der Waals surface area contributed by atoms with Gasteiger partial charge in [0.15, 0.2) is 0 Å². The monoisotopic (exact) mass is 281 g/mol. The highest BCUT2D eigenvalue weighted by Crippen LogP contribution is 2.14. The first-order valence-electron chi connectivity index (χ1n) is 6.05. The fraction of sp³-hybridized carbons (Fsp3) is 0.417. The molecule has 0 radical (unpaired) electrons. The average molecular weight is 282 g/mol. The Bertz CT molecular complexity index is 562. The van der Waals surface area contributed by atoms with Crippen LogP contribution in [0.5, 0.6) is 0 Å². The van der Waals surface area contributed by atoms with Crippen LogP contribution in [0.15, 0.2) is 24.8 Å². The summed E-state index contributed by atoms with van der Waals surface area (Å²) < 4.78 is 3.28. The zero-order valence-electron chi connectivity index (χ0n) is 10.9. The van der Waals surface area contributed by atoms with Gasteiger partial charge in [0.2, 0.25) is 5.91 Å². The normalized spacial score (nSPS) is 12.4. The fourth-order valence-electron chi connectivity index (χ4n) is 1.85. The molecule has 6 nitrogen and oxygen atoms in total. The topological polar surface area (TPSA) is 64.7 Å². The Morgan fingerprint density at radius 2 is 2.21 bits per heavy atom. The minimum atomic E-state index is -0.343. The Balaban J connectivity index is 1.97. The minimum absolute atomic E-state index is 0.0777. The zero-order chi connectivity index (χ0) is 13.8. The molecule has 0 aliphatic heterocycles. The standard InChI is InChI=1S/C12H16ClN5O/c1-3-11(18-8-10(13)6-16-18)12(19)14-4-9-5-15-17(2)7-9/h5-8,11H,3-4H2,1-2H3,(H,14,19). The van der Waals surface area contributed by atoms with E-state index in [9.17, 15) is 4.79 Å². The molecule has 0 bridgehead atoms. The molecule has 0 spiro atoms. The molecular weight excluding hydrogens is 266 g/mol. The summed E-state index contributed by atoms with van der Waals surface area (Å²) in [6.07, 6.45) is 7.42. The summed E-state index contributed by atoms with van der Waals surface area (Å²) in [5, 5.41) is 11.5. The maximum absolute atomic E-state index is 12.1. The van der Waals surface area contributed by atoms with Gasteiger partial charge in [-0.05, 0) is 6.42 Å². The van der Waals surface area contributed by atoms with E-state index in [-0.39, 0.29) is 11.9 Å². The Morgan fingerprint density at radius 3 is 2.74 bits per heavy atom. The second kappa shape index (κ2) is 5.88. The Hall–Kier alpha value is -1.82. The van der Waals surface area contributed by atoms with Crippen molar-refractivity contribution in [2.75, 3.05) is 0 Å². The third-order valence-corrected chi connectivity index (χ3v) is 3.00. The number of nitrogens with one attached hydrogen (secondary N) is 1. The van der Waals surface area contributed by atoms with Crippen molar-refractivity contribution in [3.8, 4) is 0 Å². The van der Waals surface area contributed by atoms with Crippen LogP contribution in [0, 0.1) is 0 Å². The molecule has 19 heavy (non-hydrogen) atoms. The second-order valence-electron chi connectivity index (χ2n) is 4.30. The highest BCUT2D eigenvalue weighted by atomic mass is 35.5. The van der Waals surface area contributed by atoms with Gasteiger partial charge < -0.3 is 5.32 Å². The molecule has 0 aromatic carbocycles. The van der Waals surface area contributed by atoms with E-state index in [1.54, 1.807) is 21.8 Å². The summed E-state index contributed by atoms with van der Waals surface area (Å²) in [5.74, 6) is -0.0777. The Kier molecular flexibility index (Phi) is 4.21. The van der Waals surface area contributed by atoms with Crippen LogP contribution in [0.3, 0.4) is 0 Å². The summed E-state index contributed by atoms with van der Waals surface area (Å²) in [6.45, 7) is 2.39. The molecule has 1 amide bonds. The molecule has 2 aromatic rings. The van der Waals surface area contributed by atoms with Gasteiger partial charge >= 0.3 is 0 Å². The second-order valence-corrected chi connectivity index (χ2v) is 4.74. The van der Waals surface area contributed by atoms with E-state index in [2.05, 4.69) is 15.5 Å². The fourth-order valence-corrected chi connectivity index (χ4v) is 1.99. The van der Waals surface area contributed by atoms with Crippen LogP contribution in [0.25, 0.3) is 0 Å². The van der Waals surface area contributed by atoms with E-state index in [4.69, 9.17) is 11.6 Å². The number of rotatable bonds is 5. The maximum atomic E-state index is 12.1. The lowest BCUT2D eigenvalue weighted by Gasteiger charge is -2.15. The predicted octanol–water partition coefficient (Wildman–Crippen LogP) is 1.54. The van der Waals surface area contributed by atoms with Crippen LogP contribution < -0.4 is 5.32 Å². The van der Waals surface area contributed by atoms with Crippen LogP contribution in [-0.4, -0.2) is 25.5 Å². The maximum Gasteiger partial charge on any atom is 0.245 e. The van der Waals surface area contributed by atoms with E-state index in [0.717, 1.165) is 5.56 Å². The number of aryl methyl sites for hydroxylation is 1. The summed E-state index contributed by atoms with van der Waals surface area (Å²) in [5.41, 5.74) is 0.962. The van der Waals surface area contributed by atoms with Gasteiger partial charge in [0.1, 0.15) is 6.04 Å². The van der Waals surface area contributed by atoms with Gasteiger partial charge in [-0.3, -0.25) is 14.2 Å². The van der Waals surface area contributed by atoms with Crippen LogP contribution in [-0.2, 0) is 18.4 Å². The van der Waals surface area contributed by atoms with Gasteiger partial charge in [-0.15, -0.1) is 0 Å². The van der Waals surface area contributed by atoms with Crippen LogP contribution >= 0.6 is 11.6 Å². The summed E-state index contributed by atoms with van der Waals surface area (Å²) >= 11 is 5.82. The van der Waals surface area contributed by atoms with E-state index >= 15 is 0 Å². The number of carbonyl (C=O) groups is 1. The third kappa shape index (κ3) is 3.35. The molecule has 0 saturated heterocycles. The van der Waals surface area contributed by atoms with E-state index in [0.29, 0.717) is 18.0 Å². The molecule has 2 rings (SSSR count). The van der Waals surface area contributed by atoms with Gasteiger partial charge in [0.05, 0.1) is 17.4 Å². The molecule has 0 aliphatic carbocycles. The number of hydrogen-bond acceptors (Lipinski definition) is 3. The molecule has 7 heteroatoms. The quantitative estimate of drug-likeness (QED) is 0.904. The molecule has 0 aliphatic rings. The van der Waals surface area contributed by atoms with E-state index < -0.39 is 0 Å². The number of amides is 1. The van der Waals surface area contributed by atoms with E-state index in [1.807, 2.05) is 20.2 Å². The molecule has 1 unspecified atom stereocenters. The van der Waals surface area contributed by atoms with Gasteiger partial charge in [-0.2, -0.15) is 10.2 Å². The molecule has 1 N–H and O–H groups in total. The van der Waals surface area contributed by atoms with Crippen molar-refractivity contribution in [3.05, 3.63) is 35.4 Å².